The average molecular weight is 601 g/mol. The van der Waals surface area contributed by atoms with Crippen LogP contribution >= 0.6 is 0 Å². The second kappa shape index (κ2) is 16.2. The fourth-order valence-corrected chi connectivity index (χ4v) is 4.81. The van der Waals surface area contributed by atoms with E-state index in [9.17, 15) is 9.59 Å². The van der Waals surface area contributed by atoms with Gasteiger partial charge in [-0.1, -0.05) is 56.5 Å². The van der Waals surface area contributed by atoms with Crippen molar-refractivity contribution in [3.05, 3.63) is 95.9 Å². The molecule has 3 aromatic carbocycles. The summed E-state index contributed by atoms with van der Waals surface area (Å²) in [5.41, 5.74) is 2.65. The molecular formula is C35H40N2O7. The maximum atomic E-state index is 13.5. The van der Waals surface area contributed by atoms with Gasteiger partial charge in [0.05, 0.1) is 32.6 Å². The van der Waals surface area contributed by atoms with Gasteiger partial charge in [0.15, 0.2) is 0 Å². The maximum Gasteiger partial charge on any atom is 0.416 e. The van der Waals surface area contributed by atoms with Crippen molar-refractivity contribution in [1.82, 2.24) is 9.88 Å². The highest BCUT2D eigenvalue weighted by atomic mass is 16.6. The third kappa shape index (κ3) is 8.86. The number of hydrogen-bond donors (Lipinski definition) is 0. The largest absolute Gasteiger partial charge is 0.497 e. The van der Waals surface area contributed by atoms with E-state index in [1.807, 2.05) is 61.5 Å². The van der Waals surface area contributed by atoms with E-state index in [0.29, 0.717) is 42.6 Å². The zero-order chi connectivity index (χ0) is 31.3. The van der Waals surface area contributed by atoms with Crippen LogP contribution < -0.4 is 14.2 Å². The lowest BCUT2D eigenvalue weighted by molar-refractivity contribution is -0.142. The van der Waals surface area contributed by atoms with Gasteiger partial charge in [0.1, 0.15) is 29.6 Å². The summed E-state index contributed by atoms with van der Waals surface area (Å²) in [6.07, 6.45) is 3.48. The Morgan fingerprint density at radius 2 is 1.57 bits per heavy atom. The van der Waals surface area contributed by atoms with Gasteiger partial charge in [0.2, 0.25) is 5.89 Å². The van der Waals surface area contributed by atoms with Gasteiger partial charge in [-0.15, -0.1) is 0 Å². The zero-order valence-corrected chi connectivity index (χ0v) is 25.8. The molecule has 1 heterocycles. The maximum absolute atomic E-state index is 13.5. The Labute approximate surface area is 258 Å². The van der Waals surface area contributed by atoms with Crippen molar-refractivity contribution in [2.45, 2.75) is 52.0 Å². The summed E-state index contributed by atoms with van der Waals surface area (Å²) >= 11 is 0. The highest BCUT2D eigenvalue weighted by Gasteiger charge is 2.29. The lowest BCUT2D eigenvalue weighted by Gasteiger charge is -2.31. The molecule has 1 atom stereocenters. The van der Waals surface area contributed by atoms with Crippen molar-refractivity contribution in [3.63, 3.8) is 0 Å². The molecule has 0 N–H and O–H groups in total. The predicted molar refractivity (Wildman–Crippen MR) is 167 cm³/mol. The smallest absolute Gasteiger partial charge is 0.416 e. The quantitative estimate of drug-likeness (QED) is 0.102. The molecule has 0 spiro atoms. The number of ether oxygens (including phenoxy) is 4. The Morgan fingerprint density at radius 1 is 0.886 bits per heavy atom. The van der Waals surface area contributed by atoms with Crippen LogP contribution in [0.3, 0.4) is 0 Å². The Balaban J connectivity index is 1.46. The van der Waals surface area contributed by atoms with Crippen LogP contribution in [0.25, 0.3) is 11.5 Å². The molecule has 0 aliphatic heterocycles. The lowest BCUT2D eigenvalue weighted by atomic mass is 9.98. The van der Waals surface area contributed by atoms with Crippen LogP contribution in [0.2, 0.25) is 0 Å². The summed E-state index contributed by atoms with van der Waals surface area (Å²) in [4.78, 5) is 31.9. The van der Waals surface area contributed by atoms with E-state index in [1.165, 1.54) is 12.0 Å². The van der Waals surface area contributed by atoms with Gasteiger partial charge in [-0.3, -0.25) is 9.69 Å². The summed E-state index contributed by atoms with van der Waals surface area (Å²) in [5, 5.41) is 0. The summed E-state index contributed by atoms with van der Waals surface area (Å²) < 4.78 is 27.7. The molecule has 0 fully saturated rings. The number of benzene rings is 3. The summed E-state index contributed by atoms with van der Waals surface area (Å²) in [7, 11) is 2.87. The summed E-state index contributed by atoms with van der Waals surface area (Å²) in [5.74, 6) is 2.51. The molecule has 0 bridgehead atoms. The van der Waals surface area contributed by atoms with Crippen LogP contribution in [0.4, 0.5) is 4.79 Å². The molecule has 0 saturated heterocycles. The van der Waals surface area contributed by atoms with E-state index < -0.39 is 18.1 Å². The Morgan fingerprint density at radius 3 is 2.23 bits per heavy atom. The fraction of sp³-hybridized carbons (Fsp3) is 0.343. The van der Waals surface area contributed by atoms with Crippen LogP contribution in [0.5, 0.6) is 17.2 Å². The molecular weight excluding hydrogens is 560 g/mol. The number of amides is 1. The minimum absolute atomic E-state index is 0.247. The second-order valence-electron chi connectivity index (χ2n) is 10.3. The molecule has 0 saturated carbocycles. The van der Waals surface area contributed by atoms with Crippen molar-refractivity contribution in [3.8, 4) is 28.7 Å². The van der Waals surface area contributed by atoms with Gasteiger partial charge in [-0.2, -0.15) is 0 Å². The van der Waals surface area contributed by atoms with Crippen LogP contribution in [0.1, 0.15) is 55.7 Å². The van der Waals surface area contributed by atoms with Crippen molar-refractivity contribution < 1.29 is 33.0 Å². The Hall–Kier alpha value is -4.79. The molecule has 0 aliphatic carbocycles. The first kappa shape index (κ1) is 32.1. The Bertz CT molecular complexity index is 1470. The highest BCUT2D eigenvalue weighted by Crippen LogP contribution is 2.30. The number of esters is 1. The number of carbonyl (C=O) groups excluding carboxylic acids is 2. The molecule has 232 valence electrons. The zero-order valence-electron chi connectivity index (χ0n) is 25.8. The van der Waals surface area contributed by atoms with E-state index in [2.05, 4.69) is 11.9 Å². The number of aryl methyl sites for hydroxylation is 1. The number of nitrogens with zero attached hydrogens (tertiary/aromatic N) is 2. The first-order valence-electron chi connectivity index (χ1n) is 14.9. The van der Waals surface area contributed by atoms with E-state index in [-0.39, 0.29) is 6.54 Å². The third-order valence-corrected chi connectivity index (χ3v) is 7.27. The lowest BCUT2D eigenvalue weighted by Crippen LogP contribution is -2.41. The molecule has 0 radical (unpaired) electrons. The van der Waals surface area contributed by atoms with Gasteiger partial charge < -0.3 is 23.4 Å². The van der Waals surface area contributed by atoms with Crippen LogP contribution in [0, 0.1) is 6.92 Å². The average Bonchev–Trinajstić information content (AvgIpc) is 3.43. The van der Waals surface area contributed by atoms with Gasteiger partial charge >= 0.3 is 12.1 Å². The predicted octanol–water partition coefficient (Wildman–Crippen LogP) is 7.58. The Kier molecular flexibility index (Phi) is 11.8. The number of aromatic nitrogens is 1. The van der Waals surface area contributed by atoms with E-state index >= 15 is 0 Å². The first-order valence-corrected chi connectivity index (χ1v) is 14.9. The normalized spacial score (nSPS) is 11.5. The molecule has 9 nitrogen and oxygen atoms in total. The summed E-state index contributed by atoms with van der Waals surface area (Å²) in [6, 6.07) is 23.7. The molecule has 4 rings (SSSR count). The summed E-state index contributed by atoms with van der Waals surface area (Å²) in [6.45, 7) is 4.20. The molecule has 1 amide bonds. The number of oxazole rings is 1. The number of methoxy groups -OCH3 is 2. The second-order valence-corrected chi connectivity index (χ2v) is 10.3. The van der Waals surface area contributed by atoms with Gasteiger partial charge in [0.25, 0.3) is 0 Å². The van der Waals surface area contributed by atoms with Crippen LogP contribution in [-0.2, 0) is 16.0 Å². The minimum atomic E-state index is -0.639. The number of carbonyl (C=O) groups is 2. The molecule has 44 heavy (non-hydrogen) atoms. The van der Waals surface area contributed by atoms with Crippen molar-refractivity contribution in [1.29, 1.82) is 0 Å². The van der Waals surface area contributed by atoms with Gasteiger partial charge in [0, 0.05) is 12.0 Å². The molecule has 0 aliphatic rings. The van der Waals surface area contributed by atoms with E-state index in [0.717, 1.165) is 41.8 Å². The molecule has 9 heteroatoms. The molecule has 1 aromatic heterocycles. The molecule has 4 aromatic rings. The number of hydrogen-bond acceptors (Lipinski definition) is 8. The van der Waals surface area contributed by atoms with E-state index in [4.69, 9.17) is 23.4 Å². The van der Waals surface area contributed by atoms with E-state index in [1.54, 1.807) is 31.4 Å². The van der Waals surface area contributed by atoms with Crippen molar-refractivity contribution in [2.24, 2.45) is 0 Å². The topological polar surface area (TPSA) is 100 Å². The standard InChI is InChI=1S/C35H40N2O7/c1-5-6-8-13-32(37(24-33(38)41-4)35(39)44-30-20-18-28(40-3)19-21-30)26-14-16-29(17-15-26)42-23-22-31-25(2)43-34(36-31)27-11-9-7-10-12-27/h7,9-12,14-21,32H,5-6,8,13,22-24H2,1-4H3. The third-order valence-electron chi connectivity index (χ3n) is 7.27. The number of rotatable bonds is 15. The first-order chi connectivity index (χ1) is 21.4. The minimum Gasteiger partial charge on any atom is -0.497 e. The molecule has 1 unspecified atom stereocenters. The number of unbranched alkanes of at least 4 members (excludes halogenated alkanes) is 2. The fourth-order valence-electron chi connectivity index (χ4n) is 4.81. The van der Waals surface area contributed by atoms with Crippen LogP contribution in [-0.4, -0.2) is 49.3 Å². The van der Waals surface area contributed by atoms with Gasteiger partial charge in [-0.05, 0) is 67.4 Å². The van der Waals surface area contributed by atoms with Crippen LogP contribution in [0.15, 0.2) is 83.3 Å². The highest BCUT2D eigenvalue weighted by molar-refractivity contribution is 5.79. The van der Waals surface area contributed by atoms with Gasteiger partial charge in [-0.25, -0.2) is 9.78 Å². The van der Waals surface area contributed by atoms with Crippen molar-refractivity contribution >= 4 is 12.1 Å². The monoisotopic (exact) mass is 600 g/mol. The van der Waals surface area contributed by atoms with Crippen molar-refractivity contribution in [2.75, 3.05) is 27.4 Å². The SMILES string of the molecule is CCCCCC(c1ccc(OCCc2nc(-c3ccccc3)oc2C)cc1)N(CC(=O)OC)C(=O)Oc1ccc(OC)cc1.